The Morgan fingerprint density at radius 1 is 1.05 bits per heavy atom. The number of hydrogen-bond acceptors (Lipinski definition) is 3. The van der Waals surface area contributed by atoms with Crippen molar-refractivity contribution < 1.29 is 8.42 Å². The number of para-hydroxylation sites is 1. The minimum Gasteiger partial charge on any atom is -0.387 e. The van der Waals surface area contributed by atoms with Gasteiger partial charge in [0.1, 0.15) is 4.90 Å². The maximum absolute atomic E-state index is 12.5. The molecule has 2 aromatic rings. The second-order valence-electron chi connectivity index (χ2n) is 4.31. The Morgan fingerprint density at radius 3 is 2.45 bits per heavy atom. The minimum atomic E-state index is -3.67. The molecule has 0 bridgehead atoms. The maximum Gasteiger partial charge on any atom is 0.263 e. The molecule has 2 aromatic carbocycles. The first-order valence-corrected chi connectivity index (χ1v) is 7.86. The first kappa shape index (κ1) is 14.7. The molecule has 20 heavy (non-hydrogen) atoms. The van der Waals surface area contributed by atoms with Crippen LogP contribution in [-0.2, 0) is 10.0 Å². The molecule has 2 N–H and O–H groups in total. The highest BCUT2D eigenvalue weighted by atomic mass is 35.5. The zero-order valence-corrected chi connectivity index (χ0v) is 12.7. The van der Waals surface area contributed by atoms with E-state index in [1.807, 2.05) is 6.92 Å². The predicted molar refractivity (Wildman–Crippen MR) is 83.0 cm³/mol. The lowest BCUT2D eigenvalue weighted by Gasteiger charge is -2.13. The quantitative estimate of drug-likeness (QED) is 0.909. The van der Waals surface area contributed by atoms with E-state index in [1.165, 1.54) is 0 Å². The molecule has 0 aliphatic rings. The Labute approximate surface area is 123 Å². The van der Waals surface area contributed by atoms with E-state index in [9.17, 15) is 8.42 Å². The fourth-order valence-corrected chi connectivity index (χ4v) is 3.32. The lowest BCUT2D eigenvalue weighted by atomic mass is 10.2. The van der Waals surface area contributed by atoms with Gasteiger partial charge in [-0.2, -0.15) is 0 Å². The van der Waals surface area contributed by atoms with Crippen molar-refractivity contribution >= 4 is 33.0 Å². The summed E-state index contributed by atoms with van der Waals surface area (Å²) < 4.78 is 27.5. The predicted octanol–water partition coefficient (Wildman–Crippen LogP) is 3.49. The lowest BCUT2D eigenvalue weighted by Crippen LogP contribution is -2.15. The molecular weight excluding hydrogens is 296 g/mol. The van der Waals surface area contributed by atoms with Crippen LogP contribution in [0.15, 0.2) is 47.4 Å². The molecular formula is C14H15ClN2O2S. The molecule has 0 aliphatic heterocycles. The van der Waals surface area contributed by atoms with Crippen LogP contribution in [0.3, 0.4) is 0 Å². The number of hydrogen-bond donors (Lipinski definition) is 2. The molecule has 0 saturated heterocycles. The van der Waals surface area contributed by atoms with Crippen LogP contribution in [-0.4, -0.2) is 15.5 Å². The second-order valence-corrected chi connectivity index (χ2v) is 6.40. The second kappa shape index (κ2) is 5.73. The number of aryl methyl sites for hydroxylation is 1. The Balaban J connectivity index is 2.43. The zero-order valence-electron chi connectivity index (χ0n) is 11.1. The van der Waals surface area contributed by atoms with Gasteiger partial charge in [0.2, 0.25) is 0 Å². The van der Waals surface area contributed by atoms with Crippen molar-refractivity contribution in [2.75, 3.05) is 17.1 Å². The average molecular weight is 311 g/mol. The van der Waals surface area contributed by atoms with Crippen molar-refractivity contribution in [3.05, 3.63) is 53.1 Å². The Bertz CT molecular complexity index is 730. The molecule has 0 spiro atoms. The van der Waals surface area contributed by atoms with Gasteiger partial charge in [-0.25, -0.2) is 8.42 Å². The van der Waals surface area contributed by atoms with Gasteiger partial charge >= 0.3 is 0 Å². The highest BCUT2D eigenvalue weighted by Gasteiger charge is 2.18. The molecule has 0 radical (unpaired) electrons. The summed E-state index contributed by atoms with van der Waals surface area (Å²) in [7, 11) is -1.99. The van der Waals surface area contributed by atoms with Crippen LogP contribution in [0.5, 0.6) is 0 Å². The fourth-order valence-electron chi connectivity index (χ4n) is 1.81. The summed E-state index contributed by atoms with van der Waals surface area (Å²) in [6.07, 6.45) is 0. The molecule has 0 aliphatic carbocycles. The van der Waals surface area contributed by atoms with Gasteiger partial charge in [-0.05, 0) is 36.8 Å². The summed E-state index contributed by atoms with van der Waals surface area (Å²) in [6, 6.07) is 11.8. The van der Waals surface area contributed by atoms with Crippen LogP contribution >= 0.6 is 11.6 Å². The number of sulfonamides is 1. The van der Waals surface area contributed by atoms with E-state index < -0.39 is 10.0 Å². The van der Waals surface area contributed by atoms with Gasteiger partial charge in [0.15, 0.2) is 0 Å². The Hall–Kier alpha value is -1.72. The van der Waals surface area contributed by atoms with Gasteiger partial charge in [0, 0.05) is 12.1 Å². The van der Waals surface area contributed by atoms with Gasteiger partial charge in [-0.3, -0.25) is 4.72 Å². The van der Waals surface area contributed by atoms with Crippen molar-refractivity contribution in [2.24, 2.45) is 0 Å². The van der Waals surface area contributed by atoms with Crippen LogP contribution in [0.2, 0.25) is 5.02 Å². The van der Waals surface area contributed by atoms with Crippen molar-refractivity contribution in [2.45, 2.75) is 11.8 Å². The van der Waals surface area contributed by atoms with Crippen molar-refractivity contribution in [1.29, 1.82) is 0 Å². The smallest absolute Gasteiger partial charge is 0.263 e. The average Bonchev–Trinajstić information content (AvgIpc) is 2.42. The summed E-state index contributed by atoms with van der Waals surface area (Å²) in [5.41, 5.74) is 1.82. The molecule has 0 amide bonds. The van der Waals surface area contributed by atoms with Crippen molar-refractivity contribution in [3.8, 4) is 0 Å². The molecule has 6 heteroatoms. The van der Waals surface area contributed by atoms with E-state index >= 15 is 0 Å². The van der Waals surface area contributed by atoms with E-state index in [4.69, 9.17) is 11.6 Å². The third-order valence-corrected chi connectivity index (χ3v) is 4.55. The van der Waals surface area contributed by atoms with E-state index in [2.05, 4.69) is 10.0 Å². The standard InChI is InChI=1S/C14H15ClN2O2S/c1-10-7-8-11(15)9-13(10)17-20(18,19)14-6-4-3-5-12(14)16-2/h3-9,16-17H,1-2H3. The summed E-state index contributed by atoms with van der Waals surface area (Å²) >= 11 is 5.90. The molecule has 4 nitrogen and oxygen atoms in total. The topological polar surface area (TPSA) is 58.2 Å². The van der Waals surface area contributed by atoms with Crippen LogP contribution in [0.25, 0.3) is 0 Å². The van der Waals surface area contributed by atoms with E-state index in [-0.39, 0.29) is 4.90 Å². The first-order chi connectivity index (χ1) is 9.44. The van der Waals surface area contributed by atoms with E-state index in [0.717, 1.165) is 5.56 Å². The van der Waals surface area contributed by atoms with Crippen LogP contribution < -0.4 is 10.0 Å². The lowest BCUT2D eigenvalue weighted by molar-refractivity contribution is 0.601. The molecule has 0 saturated carbocycles. The summed E-state index contributed by atoms with van der Waals surface area (Å²) in [5.74, 6) is 0. The van der Waals surface area contributed by atoms with Gasteiger partial charge in [-0.15, -0.1) is 0 Å². The molecule has 0 atom stereocenters. The first-order valence-electron chi connectivity index (χ1n) is 6.00. The maximum atomic E-state index is 12.5. The minimum absolute atomic E-state index is 0.196. The summed E-state index contributed by atoms with van der Waals surface area (Å²) in [5, 5.41) is 3.35. The third-order valence-electron chi connectivity index (χ3n) is 2.89. The van der Waals surface area contributed by atoms with Gasteiger partial charge < -0.3 is 5.32 Å². The molecule has 2 rings (SSSR count). The summed E-state index contributed by atoms with van der Waals surface area (Å²) in [6.45, 7) is 1.82. The van der Waals surface area contributed by atoms with Gasteiger partial charge in [0.25, 0.3) is 10.0 Å². The molecule has 0 heterocycles. The molecule has 106 valence electrons. The van der Waals surface area contributed by atoms with Crippen molar-refractivity contribution in [3.63, 3.8) is 0 Å². The number of rotatable bonds is 4. The highest BCUT2D eigenvalue weighted by molar-refractivity contribution is 7.92. The zero-order chi connectivity index (χ0) is 14.8. The van der Waals surface area contributed by atoms with E-state index in [0.29, 0.717) is 16.4 Å². The fraction of sp³-hybridized carbons (Fsp3) is 0.143. The molecule has 0 unspecified atom stereocenters. The van der Waals surface area contributed by atoms with Gasteiger partial charge in [0.05, 0.1) is 11.4 Å². The third kappa shape index (κ3) is 3.05. The Morgan fingerprint density at radius 2 is 1.75 bits per heavy atom. The monoisotopic (exact) mass is 310 g/mol. The van der Waals surface area contributed by atoms with Crippen LogP contribution in [0.1, 0.15) is 5.56 Å². The molecule has 0 aromatic heterocycles. The highest BCUT2D eigenvalue weighted by Crippen LogP contribution is 2.26. The SMILES string of the molecule is CNc1ccccc1S(=O)(=O)Nc1cc(Cl)ccc1C. The Kier molecular flexibility index (Phi) is 4.20. The van der Waals surface area contributed by atoms with Crippen LogP contribution in [0, 0.1) is 6.92 Å². The van der Waals surface area contributed by atoms with E-state index in [1.54, 1.807) is 49.5 Å². The largest absolute Gasteiger partial charge is 0.387 e. The molecule has 0 fully saturated rings. The number of nitrogens with one attached hydrogen (secondary N) is 2. The number of benzene rings is 2. The normalized spacial score (nSPS) is 11.2. The summed E-state index contributed by atoms with van der Waals surface area (Å²) in [4.78, 5) is 0.196. The van der Waals surface area contributed by atoms with Crippen LogP contribution in [0.4, 0.5) is 11.4 Å². The van der Waals surface area contributed by atoms with Gasteiger partial charge in [-0.1, -0.05) is 29.8 Å². The number of halogens is 1. The number of anilines is 2. The van der Waals surface area contributed by atoms with Crippen molar-refractivity contribution in [1.82, 2.24) is 0 Å².